The van der Waals surface area contributed by atoms with Gasteiger partial charge < -0.3 is 19.3 Å². The molecule has 0 saturated carbocycles. The van der Waals surface area contributed by atoms with E-state index in [9.17, 15) is 0 Å². The molecule has 0 aliphatic heterocycles. The lowest BCUT2D eigenvalue weighted by Gasteiger charge is -2.39. The average Bonchev–Trinajstić information content (AvgIpc) is 2.57. The normalized spacial score (nSPS) is 12.4. The Kier molecular flexibility index (Phi) is 20.3. The number of carbonyl (C=O) groups is 1. The van der Waals surface area contributed by atoms with E-state index in [2.05, 4.69) is 13.8 Å². The second-order valence-electron chi connectivity index (χ2n) is 6.46. The molecule has 0 radical (unpaired) electrons. The van der Waals surface area contributed by atoms with E-state index in [0.717, 1.165) is 26.2 Å². The van der Waals surface area contributed by atoms with E-state index in [1.807, 2.05) is 20.8 Å². The molecule has 5 heteroatoms. The molecule has 0 spiro atoms. The largest absolute Gasteiger partial charge is 0.481 e. The molecule has 158 valence electrons. The van der Waals surface area contributed by atoms with Crippen LogP contribution in [0, 0.1) is 5.92 Å². The van der Waals surface area contributed by atoms with Crippen LogP contribution in [0.25, 0.3) is 0 Å². The number of carboxylic acid groups (broad SMARTS) is 1. The molecule has 0 fully saturated rings. The number of rotatable bonds is 16. The van der Waals surface area contributed by atoms with Gasteiger partial charge in [-0.15, -0.1) is 0 Å². The van der Waals surface area contributed by atoms with Crippen molar-refractivity contribution in [3.63, 3.8) is 0 Å². The van der Waals surface area contributed by atoms with E-state index in [1.165, 1.54) is 38.5 Å². The number of aliphatic carboxylic acids is 1. The maximum absolute atomic E-state index is 9.00. The van der Waals surface area contributed by atoms with Gasteiger partial charge >= 0.3 is 0 Å². The van der Waals surface area contributed by atoms with Gasteiger partial charge in [-0.3, -0.25) is 4.79 Å². The van der Waals surface area contributed by atoms with E-state index < -0.39 is 11.9 Å². The van der Waals surface area contributed by atoms with Crippen LogP contribution >= 0.6 is 0 Å². The van der Waals surface area contributed by atoms with Crippen molar-refractivity contribution < 1.29 is 24.1 Å². The molecule has 1 atom stereocenters. The molecule has 0 aliphatic rings. The standard InChI is InChI=1S/C19H40O3.C2H4O2/c1-6-11-12-13-14-15-17-18(16-7-2)19(20-8-3,21-9-4)22-10-5;1-2(3)4/h18H,6-17H2,1-5H3;1H3,(H,3,4). The molecule has 1 unspecified atom stereocenters. The van der Waals surface area contributed by atoms with Crippen molar-refractivity contribution in [1.29, 1.82) is 0 Å². The van der Waals surface area contributed by atoms with Gasteiger partial charge in [0.15, 0.2) is 0 Å². The third-order valence-corrected chi connectivity index (χ3v) is 4.08. The van der Waals surface area contributed by atoms with Crippen molar-refractivity contribution in [1.82, 2.24) is 0 Å². The molecule has 0 aromatic rings. The molecule has 5 nitrogen and oxygen atoms in total. The van der Waals surface area contributed by atoms with Crippen LogP contribution in [0.3, 0.4) is 0 Å². The molecule has 0 rings (SSSR count). The highest BCUT2D eigenvalue weighted by Crippen LogP contribution is 2.33. The maximum Gasteiger partial charge on any atom is 0.300 e. The van der Waals surface area contributed by atoms with Gasteiger partial charge in [0, 0.05) is 32.7 Å². The lowest BCUT2D eigenvalue weighted by molar-refractivity contribution is -0.403. The first-order valence-electron chi connectivity index (χ1n) is 10.5. The van der Waals surface area contributed by atoms with E-state index in [-0.39, 0.29) is 0 Å². The second kappa shape index (κ2) is 19.1. The van der Waals surface area contributed by atoms with Crippen LogP contribution in [0.15, 0.2) is 0 Å². The van der Waals surface area contributed by atoms with Crippen LogP contribution in [-0.2, 0) is 19.0 Å². The molecule has 0 amide bonds. The fraction of sp³-hybridized carbons (Fsp3) is 0.952. The van der Waals surface area contributed by atoms with Gasteiger partial charge in [-0.1, -0.05) is 58.8 Å². The summed E-state index contributed by atoms with van der Waals surface area (Å²) in [5.41, 5.74) is 0. The van der Waals surface area contributed by atoms with Gasteiger partial charge in [-0.25, -0.2) is 0 Å². The Balaban J connectivity index is 0. The Bertz CT molecular complexity index is 286. The van der Waals surface area contributed by atoms with Gasteiger partial charge in [0.25, 0.3) is 11.9 Å². The Morgan fingerprint density at radius 1 is 0.769 bits per heavy atom. The number of carboxylic acids is 1. The van der Waals surface area contributed by atoms with Crippen molar-refractivity contribution in [2.45, 2.75) is 105 Å². The molecule has 0 aromatic carbocycles. The molecule has 0 aromatic heterocycles. The topological polar surface area (TPSA) is 65.0 Å². The van der Waals surface area contributed by atoms with Gasteiger partial charge in [0.05, 0.1) is 0 Å². The van der Waals surface area contributed by atoms with Gasteiger partial charge in [-0.05, 0) is 33.6 Å². The second-order valence-corrected chi connectivity index (χ2v) is 6.46. The summed E-state index contributed by atoms with van der Waals surface area (Å²) in [4.78, 5) is 9.00. The van der Waals surface area contributed by atoms with Crippen LogP contribution in [0.4, 0.5) is 0 Å². The van der Waals surface area contributed by atoms with Crippen LogP contribution in [-0.4, -0.2) is 36.9 Å². The predicted octanol–water partition coefficient (Wildman–Crippen LogP) is 6.01. The number of ether oxygens (including phenoxy) is 3. The smallest absolute Gasteiger partial charge is 0.300 e. The highest BCUT2D eigenvalue weighted by atomic mass is 16.9. The van der Waals surface area contributed by atoms with Gasteiger partial charge in [-0.2, -0.15) is 0 Å². The lowest BCUT2D eigenvalue weighted by atomic mass is 9.93. The van der Waals surface area contributed by atoms with Crippen molar-refractivity contribution >= 4 is 5.97 Å². The summed E-state index contributed by atoms with van der Waals surface area (Å²) in [5.74, 6) is -1.35. The molecule has 0 heterocycles. The third kappa shape index (κ3) is 14.5. The Morgan fingerprint density at radius 3 is 1.58 bits per heavy atom. The van der Waals surface area contributed by atoms with Crippen LogP contribution in [0.2, 0.25) is 0 Å². The Morgan fingerprint density at radius 2 is 1.19 bits per heavy atom. The van der Waals surface area contributed by atoms with Crippen LogP contribution in [0.1, 0.15) is 99.3 Å². The summed E-state index contributed by atoms with van der Waals surface area (Å²) >= 11 is 0. The minimum atomic E-state index is -0.836. The molecule has 1 N–H and O–H groups in total. The van der Waals surface area contributed by atoms with Gasteiger partial charge in [0.2, 0.25) is 0 Å². The first-order chi connectivity index (χ1) is 12.4. The highest BCUT2D eigenvalue weighted by Gasteiger charge is 2.41. The summed E-state index contributed by atoms with van der Waals surface area (Å²) in [6, 6.07) is 0. The Hall–Kier alpha value is -0.650. The van der Waals surface area contributed by atoms with E-state index in [1.54, 1.807) is 0 Å². The number of hydrogen-bond acceptors (Lipinski definition) is 4. The SMILES string of the molecule is CC(=O)O.CCCCCCCCC(CCC)C(OCC)(OCC)OCC. The van der Waals surface area contributed by atoms with E-state index in [0.29, 0.717) is 25.7 Å². The zero-order valence-electron chi connectivity index (χ0n) is 18.1. The summed E-state index contributed by atoms with van der Waals surface area (Å²) < 4.78 is 17.9. The first-order valence-corrected chi connectivity index (χ1v) is 10.5. The molecule has 0 aliphatic carbocycles. The molecular weight excluding hydrogens is 332 g/mol. The van der Waals surface area contributed by atoms with E-state index in [4.69, 9.17) is 24.1 Å². The Labute approximate surface area is 161 Å². The summed E-state index contributed by atoms with van der Waals surface area (Å²) in [6.07, 6.45) is 11.3. The fourth-order valence-electron chi connectivity index (χ4n) is 3.10. The summed E-state index contributed by atoms with van der Waals surface area (Å²) in [7, 11) is 0. The number of hydrogen-bond donors (Lipinski definition) is 1. The third-order valence-electron chi connectivity index (χ3n) is 4.08. The van der Waals surface area contributed by atoms with E-state index >= 15 is 0 Å². The quantitative estimate of drug-likeness (QED) is 0.264. The fourth-order valence-corrected chi connectivity index (χ4v) is 3.10. The average molecular weight is 377 g/mol. The first kappa shape index (κ1) is 27.6. The summed E-state index contributed by atoms with van der Waals surface area (Å²) in [6.45, 7) is 13.5. The highest BCUT2D eigenvalue weighted by molar-refractivity contribution is 5.62. The molecular formula is C21H44O5. The lowest BCUT2D eigenvalue weighted by Crippen LogP contribution is -2.46. The van der Waals surface area contributed by atoms with Gasteiger partial charge in [0.1, 0.15) is 0 Å². The molecule has 26 heavy (non-hydrogen) atoms. The van der Waals surface area contributed by atoms with Crippen molar-refractivity contribution in [3.05, 3.63) is 0 Å². The predicted molar refractivity (Wildman–Crippen MR) is 107 cm³/mol. The number of unbranched alkanes of at least 4 members (excludes halogenated alkanes) is 5. The van der Waals surface area contributed by atoms with Crippen molar-refractivity contribution in [2.75, 3.05) is 19.8 Å². The minimum Gasteiger partial charge on any atom is -0.481 e. The zero-order chi connectivity index (χ0) is 20.3. The maximum atomic E-state index is 9.00. The molecule has 0 saturated heterocycles. The summed E-state index contributed by atoms with van der Waals surface area (Å²) in [5, 5.41) is 7.42. The van der Waals surface area contributed by atoms with Crippen LogP contribution in [0.5, 0.6) is 0 Å². The van der Waals surface area contributed by atoms with Crippen LogP contribution < -0.4 is 0 Å². The molecule has 0 bridgehead atoms. The zero-order valence-corrected chi connectivity index (χ0v) is 18.1. The minimum absolute atomic E-state index is 0.323. The van der Waals surface area contributed by atoms with Crippen molar-refractivity contribution in [2.24, 2.45) is 5.92 Å². The monoisotopic (exact) mass is 376 g/mol. The van der Waals surface area contributed by atoms with Crippen molar-refractivity contribution in [3.8, 4) is 0 Å².